The highest BCUT2D eigenvalue weighted by Crippen LogP contribution is 2.39. The third-order valence-electron chi connectivity index (χ3n) is 3.67. The van der Waals surface area contributed by atoms with Gasteiger partial charge in [-0.05, 0) is 31.1 Å². The summed E-state index contributed by atoms with van der Waals surface area (Å²) in [6, 6.07) is 0. The van der Waals surface area contributed by atoms with Crippen molar-refractivity contribution in [3.8, 4) is 0 Å². The van der Waals surface area contributed by atoms with E-state index in [1.807, 2.05) is 6.20 Å². The van der Waals surface area contributed by atoms with Crippen molar-refractivity contribution >= 4 is 0 Å². The highest BCUT2D eigenvalue weighted by molar-refractivity contribution is 5.07. The lowest BCUT2D eigenvalue weighted by molar-refractivity contribution is 0.170. The number of rotatable bonds is 1. The normalized spacial score (nSPS) is 38.5. The number of nitrogens with one attached hydrogen (secondary N) is 1. The minimum atomic E-state index is -0.213. The van der Waals surface area contributed by atoms with Gasteiger partial charge in [0.25, 0.3) is 0 Å². The molecule has 3 N–H and O–H groups in total. The molecule has 1 aliphatic carbocycles. The SMILES string of the molecule is CC1CCC(N)(c2ncc[nH]2)CC1C. The van der Waals surface area contributed by atoms with Crippen LogP contribution in [0, 0.1) is 11.8 Å². The monoisotopic (exact) mass is 193 g/mol. The van der Waals surface area contributed by atoms with Crippen molar-refractivity contribution in [3.05, 3.63) is 18.2 Å². The van der Waals surface area contributed by atoms with Crippen LogP contribution in [0.5, 0.6) is 0 Å². The molecule has 0 spiro atoms. The maximum absolute atomic E-state index is 6.38. The Morgan fingerprint density at radius 3 is 2.86 bits per heavy atom. The van der Waals surface area contributed by atoms with Crippen molar-refractivity contribution < 1.29 is 0 Å². The number of hydrogen-bond donors (Lipinski definition) is 2. The van der Waals surface area contributed by atoms with Crippen LogP contribution in [0.2, 0.25) is 0 Å². The predicted molar refractivity (Wildman–Crippen MR) is 56.6 cm³/mol. The molecule has 0 amide bonds. The van der Waals surface area contributed by atoms with E-state index in [-0.39, 0.29) is 5.54 Å². The van der Waals surface area contributed by atoms with Gasteiger partial charge in [0.05, 0.1) is 5.54 Å². The van der Waals surface area contributed by atoms with E-state index in [4.69, 9.17) is 5.73 Å². The molecule has 0 radical (unpaired) electrons. The number of H-pyrrole nitrogens is 1. The molecule has 1 aromatic heterocycles. The van der Waals surface area contributed by atoms with Gasteiger partial charge in [-0.2, -0.15) is 0 Å². The summed E-state index contributed by atoms with van der Waals surface area (Å²) in [5, 5.41) is 0. The highest BCUT2D eigenvalue weighted by Gasteiger charge is 2.37. The first-order valence-corrected chi connectivity index (χ1v) is 5.40. The second-order valence-corrected chi connectivity index (χ2v) is 4.79. The third kappa shape index (κ3) is 1.57. The number of aromatic nitrogens is 2. The zero-order valence-electron chi connectivity index (χ0n) is 8.96. The fraction of sp³-hybridized carbons (Fsp3) is 0.727. The van der Waals surface area contributed by atoms with E-state index in [1.165, 1.54) is 6.42 Å². The first-order valence-electron chi connectivity index (χ1n) is 5.40. The lowest BCUT2D eigenvalue weighted by Gasteiger charge is -2.38. The molecule has 0 bridgehead atoms. The molecule has 78 valence electrons. The van der Waals surface area contributed by atoms with Crippen molar-refractivity contribution in [2.45, 2.75) is 38.6 Å². The van der Waals surface area contributed by atoms with Crippen LogP contribution in [-0.2, 0) is 5.54 Å². The van der Waals surface area contributed by atoms with E-state index in [1.54, 1.807) is 6.20 Å². The largest absolute Gasteiger partial charge is 0.347 e. The zero-order valence-corrected chi connectivity index (χ0v) is 8.96. The summed E-state index contributed by atoms with van der Waals surface area (Å²) in [6.45, 7) is 4.60. The first-order chi connectivity index (χ1) is 6.62. The Morgan fingerprint density at radius 2 is 2.29 bits per heavy atom. The summed E-state index contributed by atoms with van der Waals surface area (Å²) in [5.74, 6) is 2.44. The number of aromatic amines is 1. The predicted octanol–water partition coefficient (Wildman–Crippen LogP) is 2.02. The van der Waals surface area contributed by atoms with E-state index in [2.05, 4.69) is 23.8 Å². The molecule has 1 aromatic rings. The molecular weight excluding hydrogens is 174 g/mol. The van der Waals surface area contributed by atoms with Gasteiger partial charge in [0.2, 0.25) is 0 Å². The van der Waals surface area contributed by atoms with Gasteiger partial charge < -0.3 is 10.7 Å². The first kappa shape index (κ1) is 9.71. The Labute approximate surface area is 85.1 Å². The highest BCUT2D eigenvalue weighted by atomic mass is 15.0. The molecule has 3 nitrogen and oxygen atoms in total. The minimum Gasteiger partial charge on any atom is -0.347 e. The second-order valence-electron chi connectivity index (χ2n) is 4.79. The lowest BCUT2D eigenvalue weighted by atomic mass is 9.71. The van der Waals surface area contributed by atoms with E-state index >= 15 is 0 Å². The maximum atomic E-state index is 6.38. The van der Waals surface area contributed by atoms with E-state index in [0.717, 1.165) is 24.6 Å². The molecule has 3 atom stereocenters. The Morgan fingerprint density at radius 1 is 1.50 bits per heavy atom. The van der Waals surface area contributed by atoms with Crippen LogP contribution in [0.1, 0.15) is 38.9 Å². The number of nitrogens with zero attached hydrogens (tertiary/aromatic N) is 1. The van der Waals surface area contributed by atoms with Crippen LogP contribution >= 0.6 is 0 Å². The average Bonchev–Trinajstić information content (AvgIpc) is 2.65. The molecule has 3 heteroatoms. The maximum Gasteiger partial charge on any atom is 0.126 e. The van der Waals surface area contributed by atoms with Gasteiger partial charge in [-0.15, -0.1) is 0 Å². The lowest BCUT2D eigenvalue weighted by Crippen LogP contribution is -2.44. The van der Waals surface area contributed by atoms with Crippen LogP contribution < -0.4 is 5.73 Å². The van der Waals surface area contributed by atoms with Gasteiger partial charge in [-0.1, -0.05) is 13.8 Å². The van der Waals surface area contributed by atoms with Crippen LogP contribution in [0.4, 0.5) is 0 Å². The molecule has 0 aliphatic heterocycles. The Balaban J connectivity index is 2.18. The molecule has 1 aliphatic rings. The summed E-state index contributed by atoms with van der Waals surface area (Å²) < 4.78 is 0. The Kier molecular flexibility index (Phi) is 2.35. The summed E-state index contributed by atoms with van der Waals surface area (Å²) in [7, 11) is 0. The Bertz CT molecular complexity index is 293. The van der Waals surface area contributed by atoms with Crippen LogP contribution in [0.25, 0.3) is 0 Å². The van der Waals surface area contributed by atoms with Crippen molar-refractivity contribution in [2.75, 3.05) is 0 Å². The molecule has 1 fully saturated rings. The van der Waals surface area contributed by atoms with Crippen LogP contribution in [0.3, 0.4) is 0 Å². The van der Waals surface area contributed by atoms with E-state index < -0.39 is 0 Å². The van der Waals surface area contributed by atoms with Crippen molar-refractivity contribution in [1.82, 2.24) is 9.97 Å². The van der Waals surface area contributed by atoms with Gasteiger partial charge in [-0.25, -0.2) is 4.98 Å². The second kappa shape index (κ2) is 3.39. The van der Waals surface area contributed by atoms with E-state index in [0.29, 0.717) is 5.92 Å². The molecular formula is C11H19N3. The fourth-order valence-corrected chi connectivity index (χ4v) is 2.40. The summed E-state index contributed by atoms with van der Waals surface area (Å²) in [4.78, 5) is 7.44. The molecule has 2 rings (SSSR count). The number of nitrogens with two attached hydrogens (primary N) is 1. The molecule has 3 unspecified atom stereocenters. The molecule has 0 saturated heterocycles. The molecule has 1 heterocycles. The quantitative estimate of drug-likeness (QED) is 0.717. The van der Waals surface area contributed by atoms with Gasteiger partial charge in [-0.3, -0.25) is 0 Å². The smallest absolute Gasteiger partial charge is 0.126 e. The van der Waals surface area contributed by atoms with Crippen molar-refractivity contribution in [2.24, 2.45) is 17.6 Å². The third-order valence-corrected chi connectivity index (χ3v) is 3.67. The Hall–Kier alpha value is -0.830. The number of hydrogen-bond acceptors (Lipinski definition) is 2. The summed E-state index contributed by atoms with van der Waals surface area (Å²) in [6.07, 6.45) is 6.94. The van der Waals surface area contributed by atoms with Gasteiger partial charge in [0.1, 0.15) is 5.82 Å². The van der Waals surface area contributed by atoms with Gasteiger partial charge >= 0.3 is 0 Å². The molecule has 1 saturated carbocycles. The topological polar surface area (TPSA) is 54.7 Å². The average molecular weight is 193 g/mol. The van der Waals surface area contributed by atoms with Gasteiger partial charge in [0.15, 0.2) is 0 Å². The minimum absolute atomic E-state index is 0.213. The summed E-state index contributed by atoms with van der Waals surface area (Å²) in [5.41, 5.74) is 6.17. The van der Waals surface area contributed by atoms with E-state index in [9.17, 15) is 0 Å². The molecule has 0 aromatic carbocycles. The van der Waals surface area contributed by atoms with Gasteiger partial charge in [0, 0.05) is 12.4 Å². The van der Waals surface area contributed by atoms with Crippen LogP contribution in [-0.4, -0.2) is 9.97 Å². The standard InChI is InChI=1S/C11H19N3/c1-8-3-4-11(12,7-9(8)2)10-13-5-6-14-10/h5-6,8-9H,3-4,7,12H2,1-2H3,(H,13,14). The zero-order chi connectivity index (χ0) is 10.2. The van der Waals surface area contributed by atoms with Crippen LogP contribution in [0.15, 0.2) is 12.4 Å². The van der Waals surface area contributed by atoms with Crippen molar-refractivity contribution in [1.29, 1.82) is 0 Å². The fourth-order valence-electron chi connectivity index (χ4n) is 2.40. The number of imidazole rings is 1. The molecule has 14 heavy (non-hydrogen) atoms. The summed E-state index contributed by atoms with van der Waals surface area (Å²) >= 11 is 0. The van der Waals surface area contributed by atoms with Crippen molar-refractivity contribution in [3.63, 3.8) is 0 Å².